The van der Waals surface area contributed by atoms with Crippen molar-refractivity contribution in [2.75, 3.05) is 7.11 Å². The SMILES string of the molecule is CCc1ccc(OC)cc1C(C)CC. The van der Waals surface area contributed by atoms with Gasteiger partial charge in [-0.15, -0.1) is 0 Å². The zero-order valence-electron chi connectivity index (χ0n) is 9.63. The van der Waals surface area contributed by atoms with Crippen LogP contribution in [0.5, 0.6) is 5.75 Å². The van der Waals surface area contributed by atoms with Crippen LogP contribution in [0.2, 0.25) is 0 Å². The summed E-state index contributed by atoms with van der Waals surface area (Å²) in [6.45, 7) is 6.70. The van der Waals surface area contributed by atoms with Crippen molar-refractivity contribution in [2.24, 2.45) is 0 Å². The van der Waals surface area contributed by atoms with Gasteiger partial charge in [0.1, 0.15) is 5.75 Å². The van der Waals surface area contributed by atoms with Gasteiger partial charge in [0.15, 0.2) is 0 Å². The van der Waals surface area contributed by atoms with Gasteiger partial charge in [-0.25, -0.2) is 0 Å². The predicted octanol–water partition coefficient (Wildman–Crippen LogP) is 3.77. The first-order chi connectivity index (χ1) is 6.72. The Kier molecular flexibility index (Phi) is 3.99. The maximum atomic E-state index is 5.25. The van der Waals surface area contributed by atoms with Crippen LogP contribution in [0.25, 0.3) is 0 Å². The van der Waals surface area contributed by atoms with Gasteiger partial charge in [-0.2, -0.15) is 0 Å². The highest BCUT2D eigenvalue weighted by molar-refractivity contribution is 5.37. The second-order valence-corrected chi connectivity index (χ2v) is 3.73. The van der Waals surface area contributed by atoms with E-state index in [1.54, 1.807) is 7.11 Å². The van der Waals surface area contributed by atoms with Gasteiger partial charge >= 0.3 is 0 Å². The summed E-state index contributed by atoms with van der Waals surface area (Å²) in [7, 11) is 1.72. The predicted molar refractivity (Wildman–Crippen MR) is 61.1 cm³/mol. The Bertz CT molecular complexity index is 291. The summed E-state index contributed by atoms with van der Waals surface area (Å²) in [5, 5.41) is 0. The van der Waals surface area contributed by atoms with Crippen LogP contribution in [0.4, 0.5) is 0 Å². The maximum absolute atomic E-state index is 5.25. The molecule has 0 saturated heterocycles. The molecule has 0 saturated carbocycles. The van der Waals surface area contributed by atoms with E-state index in [1.165, 1.54) is 17.5 Å². The van der Waals surface area contributed by atoms with E-state index in [9.17, 15) is 0 Å². The quantitative estimate of drug-likeness (QED) is 0.705. The summed E-state index contributed by atoms with van der Waals surface area (Å²) in [5.41, 5.74) is 2.88. The van der Waals surface area contributed by atoms with E-state index in [4.69, 9.17) is 4.74 Å². The van der Waals surface area contributed by atoms with Crippen molar-refractivity contribution in [2.45, 2.75) is 39.5 Å². The van der Waals surface area contributed by atoms with E-state index < -0.39 is 0 Å². The van der Waals surface area contributed by atoms with Gasteiger partial charge in [-0.05, 0) is 42.0 Å². The fourth-order valence-electron chi connectivity index (χ4n) is 1.70. The fraction of sp³-hybridized carbons (Fsp3) is 0.538. The van der Waals surface area contributed by atoms with Gasteiger partial charge in [-0.1, -0.05) is 26.8 Å². The van der Waals surface area contributed by atoms with Crippen LogP contribution in [-0.4, -0.2) is 7.11 Å². The summed E-state index contributed by atoms with van der Waals surface area (Å²) in [6, 6.07) is 6.40. The normalized spacial score (nSPS) is 12.6. The molecule has 1 heteroatoms. The van der Waals surface area contributed by atoms with E-state index in [0.29, 0.717) is 5.92 Å². The molecule has 0 spiro atoms. The van der Waals surface area contributed by atoms with Crippen molar-refractivity contribution in [1.82, 2.24) is 0 Å². The molecule has 1 aromatic carbocycles. The molecule has 0 radical (unpaired) electrons. The topological polar surface area (TPSA) is 9.23 Å². The first-order valence-corrected chi connectivity index (χ1v) is 5.39. The standard InChI is InChI=1S/C13H20O/c1-5-10(3)13-9-12(14-4)8-7-11(13)6-2/h7-10H,5-6H2,1-4H3. The molecule has 1 nitrogen and oxygen atoms in total. The Morgan fingerprint density at radius 2 is 2.00 bits per heavy atom. The number of hydrogen-bond acceptors (Lipinski definition) is 1. The maximum Gasteiger partial charge on any atom is 0.119 e. The molecule has 1 atom stereocenters. The lowest BCUT2D eigenvalue weighted by Crippen LogP contribution is -1.98. The number of hydrogen-bond donors (Lipinski definition) is 0. The monoisotopic (exact) mass is 192 g/mol. The lowest BCUT2D eigenvalue weighted by atomic mass is 9.92. The van der Waals surface area contributed by atoms with Crippen molar-refractivity contribution in [3.8, 4) is 5.75 Å². The molecular formula is C13H20O. The summed E-state index contributed by atoms with van der Waals surface area (Å²) in [4.78, 5) is 0. The number of rotatable bonds is 4. The van der Waals surface area contributed by atoms with Gasteiger partial charge in [0.05, 0.1) is 7.11 Å². The number of benzene rings is 1. The summed E-state index contributed by atoms with van der Waals surface area (Å²) < 4.78 is 5.25. The minimum Gasteiger partial charge on any atom is -0.497 e. The first kappa shape index (κ1) is 11.1. The van der Waals surface area contributed by atoms with Crippen LogP contribution in [-0.2, 0) is 6.42 Å². The highest BCUT2D eigenvalue weighted by Gasteiger charge is 2.08. The molecular weight excluding hydrogens is 172 g/mol. The number of aryl methyl sites for hydroxylation is 1. The summed E-state index contributed by atoms with van der Waals surface area (Å²) in [5.74, 6) is 1.59. The minimum absolute atomic E-state index is 0.625. The molecule has 1 rings (SSSR count). The van der Waals surface area contributed by atoms with Crippen molar-refractivity contribution < 1.29 is 4.74 Å². The van der Waals surface area contributed by atoms with Gasteiger partial charge < -0.3 is 4.74 Å². The van der Waals surface area contributed by atoms with Crippen molar-refractivity contribution in [3.63, 3.8) is 0 Å². The van der Waals surface area contributed by atoms with Crippen LogP contribution in [0.15, 0.2) is 18.2 Å². The Hall–Kier alpha value is -0.980. The van der Waals surface area contributed by atoms with E-state index in [0.717, 1.165) is 12.2 Å². The Labute approximate surface area is 87.1 Å². The molecule has 0 bridgehead atoms. The molecule has 1 unspecified atom stereocenters. The number of methoxy groups -OCH3 is 1. The van der Waals surface area contributed by atoms with Crippen molar-refractivity contribution in [1.29, 1.82) is 0 Å². The van der Waals surface area contributed by atoms with E-state index in [2.05, 4.69) is 32.9 Å². The molecule has 0 fully saturated rings. The highest BCUT2D eigenvalue weighted by atomic mass is 16.5. The minimum atomic E-state index is 0.625. The fourth-order valence-corrected chi connectivity index (χ4v) is 1.70. The summed E-state index contributed by atoms with van der Waals surface area (Å²) in [6.07, 6.45) is 2.28. The third-order valence-corrected chi connectivity index (χ3v) is 2.88. The second kappa shape index (κ2) is 5.04. The molecule has 78 valence electrons. The van der Waals surface area contributed by atoms with Gasteiger partial charge in [0.25, 0.3) is 0 Å². The molecule has 0 aromatic heterocycles. The Morgan fingerprint density at radius 1 is 1.29 bits per heavy atom. The Morgan fingerprint density at radius 3 is 2.50 bits per heavy atom. The van der Waals surface area contributed by atoms with Crippen LogP contribution < -0.4 is 4.74 Å². The lowest BCUT2D eigenvalue weighted by molar-refractivity contribution is 0.413. The summed E-state index contributed by atoms with van der Waals surface area (Å²) >= 11 is 0. The van der Waals surface area contributed by atoms with E-state index in [-0.39, 0.29) is 0 Å². The molecule has 0 amide bonds. The van der Waals surface area contributed by atoms with Crippen molar-refractivity contribution in [3.05, 3.63) is 29.3 Å². The second-order valence-electron chi connectivity index (χ2n) is 3.73. The zero-order valence-corrected chi connectivity index (χ0v) is 9.63. The molecule has 0 N–H and O–H groups in total. The van der Waals surface area contributed by atoms with E-state index in [1.807, 2.05) is 6.07 Å². The molecule has 0 aliphatic rings. The largest absolute Gasteiger partial charge is 0.497 e. The number of ether oxygens (including phenoxy) is 1. The third-order valence-electron chi connectivity index (χ3n) is 2.88. The molecule has 0 heterocycles. The van der Waals surface area contributed by atoms with Crippen LogP contribution >= 0.6 is 0 Å². The van der Waals surface area contributed by atoms with Gasteiger partial charge in [0.2, 0.25) is 0 Å². The highest BCUT2D eigenvalue weighted by Crippen LogP contribution is 2.27. The average molecular weight is 192 g/mol. The van der Waals surface area contributed by atoms with Crippen LogP contribution in [0.3, 0.4) is 0 Å². The van der Waals surface area contributed by atoms with Crippen LogP contribution in [0, 0.1) is 0 Å². The molecule has 1 aromatic rings. The molecule has 14 heavy (non-hydrogen) atoms. The smallest absolute Gasteiger partial charge is 0.119 e. The molecule has 0 aliphatic carbocycles. The molecule has 0 aliphatic heterocycles. The third kappa shape index (κ3) is 2.28. The average Bonchev–Trinajstić information content (AvgIpc) is 2.27. The zero-order chi connectivity index (χ0) is 10.6. The Balaban J connectivity index is 3.08. The van der Waals surface area contributed by atoms with Gasteiger partial charge in [-0.3, -0.25) is 0 Å². The first-order valence-electron chi connectivity index (χ1n) is 5.39. The van der Waals surface area contributed by atoms with Gasteiger partial charge in [0, 0.05) is 0 Å². The van der Waals surface area contributed by atoms with Crippen LogP contribution in [0.1, 0.15) is 44.2 Å². The lowest BCUT2D eigenvalue weighted by Gasteiger charge is -2.15. The van der Waals surface area contributed by atoms with Crippen molar-refractivity contribution >= 4 is 0 Å². The van der Waals surface area contributed by atoms with E-state index >= 15 is 0 Å².